The third-order valence-electron chi connectivity index (χ3n) is 3.18. The average molecular weight is 328 g/mol. The molecule has 126 valence electrons. The minimum atomic E-state index is -4.08. The first-order valence-corrected chi connectivity index (χ1v) is 9.43. The van der Waals surface area contributed by atoms with Crippen molar-refractivity contribution in [2.75, 3.05) is 6.16 Å². The first-order valence-electron chi connectivity index (χ1n) is 7.63. The van der Waals surface area contributed by atoms with Gasteiger partial charge in [-0.1, -0.05) is 28.9 Å². The normalized spacial score (nSPS) is 13.2. The monoisotopic (exact) mass is 328 g/mol. The van der Waals surface area contributed by atoms with Crippen molar-refractivity contribution in [1.82, 2.24) is 0 Å². The van der Waals surface area contributed by atoms with Crippen LogP contribution in [0.3, 0.4) is 0 Å². The van der Waals surface area contributed by atoms with Gasteiger partial charge in [-0.2, -0.15) is 0 Å². The van der Waals surface area contributed by atoms with Crippen LogP contribution in [0.15, 0.2) is 34.9 Å². The second kappa shape index (κ2) is 10.7. The van der Waals surface area contributed by atoms with E-state index in [1.54, 1.807) is 0 Å². The zero-order valence-electron chi connectivity index (χ0n) is 14.1. The lowest BCUT2D eigenvalue weighted by molar-refractivity contribution is -0.114. The summed E-state index contributed by atoms with van der Waals surface area (Å²) in [6.07, 6.45) is 9.23. The summed E-state index contributed by atoms with van der Waals surface area (Å²) in [7, 11) is -4.08. The minimum absolute atomic E-state index is 0.0980. The first kappa shape index (κ1) is 21.0. The van der Waals surface area contributed by atoms with Crippen LogP contribution in [-0.4, -0.2) is 21.7 Å². The largest absolute Gasteiger partial charge is 0.326 e. The highest BCUT2D eigenvalue weighted by Gasteiger charge is 2.14. The molecule has 0 saturated heterocycles. The maximum Gasteiger partial charge on any atom is 0.326 e. The number of hydrogen-bond donors (Lipinski definition) is 2. The molecule has 0 atom stereocenters. The van der Waals surface area contributed by atoms with Gasteiger partial charge in [0.2, 0.25) is 0 Å². The number of ketones is 1. The van der Waals surface area contributed by atoms with Gasteiger partial charge in [0, 0.05) is 6.42 Å². The van der Waals surface area contributed by atoms with Crippen LogP contribution in [0.25, 0.3) is 0 Å². The third-order valence-corrected chi connectivity index (χ3v) is 3.99. The number of rotatable bonds is 10. The van der Waals surface area contributed by atoms with Crippen molar-refractivity contribution in [1.29, 1.82) is 0 Å². The van der Waals surface area contributed by atoms with Gasteiger partial charge in [-0.3, -0.25) is 9.36 Å². The summed E-state index contributed by atoms with van der Waals surface area (Å²) in [5.41, 5.74) is 3.63. The van der Waals surface area contributed by atoms with E-state index >= 15 is 0 Å². The second-order valence-electron chi connectivity index (χ2n) is 6.00. The molecule has 0 aliphatic rings. The van der Waals surface area contributed by atoms with Crippen LogP contribution in [0, 0.1) is 0 Å². The Morgan fingerprint density at radius 2 is 1.45 bits per heavy atom. The Morgan fingerprint density at radius 3 is 2.00 bits per heavy atom. The van der Waals surface area contributed by atoms with Crippen molar-refractivity contribution in [3.8, 4) is 0 Å². The molecule has 0 amide bonds. The zero-order chi connectivity index (χ0) is 17.2. The molecule has 0 saturated carbocycles. The highest BCUT2D eigenvalue weighted by molar-refractivity contribution is 7.51. The SMILES string of the molecule is CC(C)=CCCC(C)=CCCC(C)=CC(=O)CCP(=O)(O)O. The number of carbonyl (C=O) groups excluding carboxylic acids is 1. The number of carbonyl (C=O) groups is 1. The van der Waals surface area contributed by atoms with Gasteiger partial charge in [-0.15, -0.1) is 0 Å². The lowest BCUT2D eigenvalue weighted by Crippen LogP contribution is -1.99. The van der Waals surface area contributed by atoms with Gasteiger partial charge >= 0.3 is 7.60 Å². The first-order chi connectivity index (χ1) is 10.1. The smallest absolute Gasteiger partial charge is 0.324 e. The van der Waals surface area contributed by atoms with Crippen LogP contribution in [0.1, 0.15) is 59.8 Å². The van der Waals surface area contributed by atoms with E-state index in [0.717, 1.165) is 31.3 Å². The van der Waals surface area contributed by atoms with Gasteiger partial charge in [0.25, 0.3) is 0 Å². The fraction of sp³-hybridized carbons (Fsp3) is 0.588. The summed E-state index contributed by atoms with van der Waals surface area (Å²) in [4.78, 5) is 29.0. The molecule has 0 fully saturated rings. The minimum Gasteiger partial charge on any atom is -0.324 e. The van der Waals surface area contributed by atoms with Gasteiger partial charge in [0.05, 0.1) is 6.16 Å². The Kier molecular flexibility index (Phi) is 10.2. The molecule has 4 nitrogen and oxygen atoms in total. The number of hydrogen-bond acceptors (Lipinski definition) is 2. The Labute approximate surface area is 134 Å². The molecule has 0 aliphatic heterocycles. The van der Waals surface area contributed by atoms with Gasteiger partial charge in [-0.25, -0.2) is 0 Å². The molecular weight excluding hydrogens is 299 g/mol. The average Bonchev–Trinajstić information content (AvgIpc) is 2.35. The fourth-order valence-corrected chi connectivity index (χ4v) is 2.42. The molecule has 0 aliphatic carbocycles. The molecule has 22 heavy (non-hydrogen) atoms. The Hall–Kier alpha value is -0.960. The fourth-order valence-electron chi connectivity index (χ4n) is 1.91. The Bertz CT molecular complexity index is 491. The lowest BCUT2D eigenvalue weighted by atomic mass is 10.1. The standard InChI is InChI=1S/C17H29O4P/c1-14(2)7-5-8-15(3)9-6-10-16(4)13-17(18)11-12-22(19,20)21/h7,9,13H,5-6,8,10-12H2,1-4H3,(H2,19,20,21). The van der Waals surface area contributed by atoms with E-state index in [9.17, 15) is 9.36 Å². The molecule has 0 aromatic heterocycles. The van der Waals surface area contributed by atoms with Gasteiger partial charge in [-0.05, 0) is 59.5 Å². The Balaban J connectivity index is 4.13. The molecule has 0 aromatic carbocycles. The van der Waals surface area contributed by atoms with Crippen molar-refractivity contribution in [3.05, 3.63) is 34.9 Å². The summed E-state index contributed by atoms with van der Waals surface area (Å²) >= 11 is 0. The van der Waals surface area contributed by atoms with E-state index in [1.165, 1.54) is 17.2 Å². The van der Waals surface area contributed by atoms with Crippen LogP contribution in [-0.2, 0) is 9.36 Å². The summed E-state index contributed by atoms with van der Waals surface area (Å²) < 4.78 is 10.7. The van der Waals surface area contributed by atoms with E-state index in [-0.39, 0.29) is 18.4 Å². The predicted octanol–water partition coefficient (Wildman–Crippen LogP) is 4.54. The van der Waals surface area contributed by atoms with Gasteiger partial charge in [0.1, 0.15) is 0 Å². The molecule has 0 aromatic rings. The predicted molar refractivity (Wildman–Crippen MR) is 91.9 cm³/mol. The van der Waals surface area contributed by atoms with E-state index in [2.05, 4.69) is 32.9 Å². The molecule has 2 N–H and O–H groups in total. The van der Waals surface area contributed by atoms with Crippen molar-refractivity contribution in [2.24, 2.45) is 0 Å². The molecule has 0 unspecified atom stereocenters. The van der Waals surface area contributed by atoms with Crippen LogP contribution in [0.5, 0.6) is 0 Å². The van der Waals surface area contributed by atoms with E-state index in [0.29, 0.717) is 0 Å². The van der Waals surface area contributed by atoms with Gasteiger partial charge in [0.15, 0.2) is 5.78 Å². The van der Waals surface area contributed by atoms with Gasteiger partial charge < -0.3 is 9.79 Å². The van der Waals surface area contributed by atoms with Crippen LogP contribution < -0.4 is 0 Å². The molecule has 0 heterocycles. The molecule has 0 bridgehead atoms. The molecular formula is C17H29O4P. The summed E-state index contributed by atoms with van der Waals surface area (Å²) in [6, 6.07) is 0. The summed E-state index contributed by atoms with van der Waals surface area (Å²) in [5, 5.41) is 0. The topological polar surface area (TPSA) is 74.6 Å². The quantitative estimate of drug-likeness (QED) is 0.351. The molecule has 5 heteroatoms. The molecule has 0 rings (SSSR count). The van der Waals surface area contributed by atoms with Crippen LogP contribution in [0.4, 0.5) is 0 Å². The molecule has 0 radical (unpaired) electrons. The van der Waals surface area contributed by atoms with Crippen molar-refractivity contribution in [3.63, 3.8) is 0 Å². The zero-order valence-corrected chi connectivity index (χ0v) is 15.0. The lowest BCUT2D eigenvalue weighted by Gasteiger charge is -2.03. The molecule has 0 spiro atoms. The van der Waals surface area contributed by atoms with Crippen molar-refractivity contribution < 1.29 is 19.1 Å². The maximum absolute atomic E-state index is 11.6. The van der Waals surface area contributed by atoms with E-state index < -0.39 is 7.60 Å². The second-order valence-corrected chi connectivity index (χ2v) is 7.78. The van der Waals surface area contributed by atoms with Crippen LogP contribution in [0.2, 0.25) is 0 Å². The van der Waals surface area contributed by atoms with Crippen molar-refractivity contribution in [2.45, 2.75) is 59.8 Å². The summed E-state index contributed by atoms with van der Waals surface area (Å²) in [6.45, 7) is 8.18. The number of allylic oxidation sites excluding steroid dienone is 6. The Morgan fingerprint density at radius 1 is 0.909 bits per heavy atom. The van der Waals surface area contributed by atoms with E-state index in [4.69, 9.17) is 9.79 Å². The van der Waals surface area contributed by atoms with Crippen molar-refractivity contribution >= 4 is 13.4 Å². The van der Waals surface area contributed by atoms with E-state index in [1.807, 2.05) is 6.92 Å². The highest BCUT2D eigenvalue weighted by Crippen LogP contribution is 2.34. The highest BCUT2D eigenvalue weighted by atomic mass is 31.2. The summed E-state index contributed by atoms with van der Waals surface area (Å²) in [5.74, 6) is -0.218. The maximum atomic E-state index is 11.6. The van der Waals surface area contributed by atoms with Crippen LogP contribution >= 0.6 is 7.60 Å². The third kappa shape index (κ3) is 14.0.